The molecule has 6 heteroatoms. The molecular weight excluding hydrogens is 197 g/mol. The van der Waals surface area contributed by atoms with Gasteiger partial charge in [-0.25, -0.2) is 4.79 Å². The molecule has 1 unspecified atom stereocenters. The second kappa shape index (κ2) is 5.74. The van der Waals surface area contributed by atoms with Crippen molar-refractivity contribution in [1.29, 1.82) is 0 Å². The summed E-state index contributed by atoms with van der Waals surface area (Å²) in [7, 11) is 0. The quantitative estimate of drug-likeness (QED) is 0.359. The van der Waals surface area contributed by atoms with Crippen LogP contribution < -0.4 is 29.6 Å². The van der Waals surface area contributed by atoms with Crippen molar-refractivity contribution in [3.63, 3.8) is 0 Å². The number of carbonyl (C=O) groups is 1. The average molecular weight is 205 g/mol. The van der Waals surface area contributed by atoms with E-state index >= 15 is 0 Å². The predicted octanol–water partition coefficient (Wildman–Crippen LogP) is -1.79. The summed E-state index contributed by atoms with van der Waals surface area (Å²) in [5.41, 5.74) is 0.181. The Labute approximate surface area is 104 Å². The van der Waals surface area contributed by atoms with Crippen molar-refractivity contribution in [2.75, 3.05) is 0 Å². The van der Waals surface area contributed by atoms with E-state index in [1.807, 2.05) is 0 Å². The molecule has 70 valence electrons. The summed E-state index contributed by atoms with van der Waals surface area (Å²) in [5, 5.41) is 18.9. The summed E-state index contributed by atoms with van der Waals surface area (Å²) in [5.74, 6) is -1.45. The molecule has 1 N–H and O–H groups in total. The van der Waals surface area contributed by atoms with E-state index in [0.29, 0.717) is 0 Å². The van der Waals surface area contributed by atoms with E-state index in [4.69, 9.17) is 5.11 Å². The van der Waals surface area contributed by atoms with E-state index in [2.05, 4.69) is 0 Å². The number of benzene rings is 1. The van der Waals surface area contributed by atoms with Gasteiger partial charge in [0.2, 0.25) is 0 Å². The molecule has 0 heterocycles. The number of hydrogen-bond acceptors (Lipinski definition) is 3. The standard InChI is InChI=1S/C8H7NO4.Na.H/c10-8(11)7(9(12)13)6-4-2-1-3-5-6;;/h1-5,7H,(H,10,11);;/q;+1;-1. The summed E-state index contributed by atoms with van der Waals surface area (Å²) in [4.78, 5) is 20.0. The monoisotopic (exact) mass is 205 g/mol. The average Bonchev–Trinajstić information content (AvgIpc) is 2.04. The fourth-order valence-corrected chi connectivity index (χ4v) is 0.990. The molecule has 0 saturated heterocycles. The molecule has 0 aliphatic rings. The van der Waals surface area contributed by atoms with Crippen LogP contribution in [0.15, 0.2) is 30.3 Å². The van der Waals surface area contributed by atoms with E-state index in [0.717, 1.165) is 0 Å². The molecular formula is C8H8NNaO4. The smallest absolute Gasteiger partial charge is 1.00 e. The molecule has 5 nitrogen and oxygen atoms in total. The van der Waals surface area contributed by atoms with Gasteiger partial charge in [-0.05, 0) is 0 Å². The molecule has 0 aromatic heterocycles. The molecule has 0 fully saturated rings. The van der Waals surface area contributed by atoms with Gasteiger partial charge in [0.15, 0.2) is 0 Å². The minimum atomic E-state index is -1.67. The van der Waals surface area contributed by atoms with Crippen molar-refractivity contribution >= 4 is 5.97 Å². The predicted molar refractivity (Wildman–Crippen MR) is 44.9 cm³/mol. The van der Waals surface area contributed by atoms with E-state index < -0.39 is 16.9 Å². The number of aliphatic carboxylic acids is 1. The fraction of sp³-hybridized carbons (Fsp3) is 0.125. The number of nitro groups is 1. The van der Waals surface area contributed by atoms with Crippen LogP contribution >= 0.6 is 0 Å². The van der Waals surface area contributed by atoms with E-state index in [9.17, 15) is 14.9 Å². The van der Waals surface area contributed by atoms with Gasteiger partial charge in [0.05, 0.1) is 0 Å². The van der Waals surface area contributed by atoms with Crippen LogP contribution in [0.1, 0.15) is 13.0 Å². The molecule has 1 atom stereocenters. The topological polar surface area (TPSA) is 80.4 Å². The summed E-state index contributed by atoms with van der Waals surface area (Å²) >= 11 is 0. The van der Waals surface area contributed by atoms with Gasteiger partial charge in [0, 0.05) is 10.5 Å². The molecule has 1 aromatic rings. The van der Waals surface area contributed by atoms with E-state index in [1.165, 1.54) is 12.1 Å². The molecule has 0 aliphatic heterocycles. The van der Waals surface area contributed by atoms with Crippen LogP contribution in [0.5, 0.6) is 0 Å². The van der Waals surface area contributed by atoms with Gasteiger partial charge in [-0.3, -0.25) is 10.1 Å². The maximum Gasteiger partial charge on any atom is 1.00 e. The van der Waals surface area contributed by atoms with Crippen molar-refractivity contribution < 1.29 is 45.8 Å². The maximum atomic E-state index is 10.5. The van der Waals surface area contributed by atoms with Crippen LogP contribution in [0, 0.1) is 10.1 Å². The van der Waals surface area contributed by atoms with Crippen molar-refractivity contribution in [3.8, 4) is 0 Å². The summed E-state index contributed by atoms with van der Waals surface area (Å²) < 4.78 is 0. The van der Waals surface area contributed by atoms with Crippen molar-refractivity contribution in [3.05, 3.63) is 46.0 Å². The minimum absolute atomic E-state index is 0. The Bertz CT molecular complexity index is 319. The van der Waals surface area contributed by atoms with E-state index in [1.54, 1.807) is 18.2 Å². The summed E-state index contributed by atoms with van der Waals surface area (Å²) in [6.07, 6.45) is 0. The third-order valence-corrected chi connectivity index (χ3v) is 1.56. The van der Waals surface area contributed by atoms with Crippen LogP contribution in [0.25, 0.3) is 0 Å². The number of carboxylic acid groups (broad SMARTS) is 1. The summed E-state index contributed by atoms with van der Waals surface area (Å²) in [6, 6.07) is 5.97. The van der Waals surface area contributed by atoms with Crippen LogP contribution in [0.4, 0.5) is 0 Å². The molecule has 0 saturated carbocycles. The zero-order valence-electron chi connectivity index (χ0n) is 8.58. The first-order valence-electron chi connectivity index (χ1n) is 3.54. The van der Waals surface area contributed by atoms with Gasteiger partial charge in [0.25, 0.3) is 0 Å². The first-order valence-corrected chi connectivity index (χ1v) is 3.54. The van der Waals surface area contributed by atoms with Gasteiger partial charge < -0.3 is 6.53 Å². The molecule has 0 bridgehead atoms. The Morgan fingerprint density at radius 1 is 1.43 bits per heavy atom. The van der Waals surface area contributed by atoms with Crippen LogP contribution in [0.3, 0.4) is 0 Å². The Hall–Kier alpha value is -0.910. The van der Waals surface area contributed by atoms with Gasteiger partial charge >= 0.3 is 41.6 Å². The molecule has 0 spiro atoms. The van der Waals surface area contributed by atoms with Crippen molar-refractivity contribution in [1.82, 2.24) is 0 Å². The Morgan fingerprint density at radius 2 is 1.93 bits per heavy atom. The Kier molecular flexibility index (Phi) is 5.37. The second-order valence-corrected chi connectivity index (χ2v) is 2.44. The zero-order valence-corrected chi connectivity index (χ0v) is 9.58. The molecule has 1 rings (SSSR count). The molecule has 14 heavy (non-hydrogen) atoms. The second-order valence-electron chi connectivity index (χ2n) is 2.44. The summed E-state index contributed by atoms with van der Waals surface area (Å²) in [6.45, 7) is 0. The van der Waals surface area contributed by atoms with Gasteiger partial charge in [-0.2, -0.15) is 0 Å². The maximum absolute atomic E-state index is 10.5. The van der Waals surface area contributed by atoms with Crippen LogP contribution in [0.2, 0.25) is 0 Å². The van der Waals surface area contributed by atoms with Gasteiger partial charge in [-0.1, -0.05) is 30.3 Å². The van der Waals surface area contributed by atoms with Crippen LogP contribution in [-0.2, 0) is 4.79 Å². The zero-order chi connectivity index (χ0) is 9.84. The third kappa shape index (κ3) is 3.10. The van der Waals surface area contributed by atoms with Crippen molar-refractivity contribution in [2.45, 2.75) is 6.04 Å². The SMILES string of the molecule is O=C(O)C(c1ccccc1)[N+](=O)[O-].[H-].[Na+]. The first-order chi connectivity index (χ1) is 6.13. The first kappa shape index (κ1) is 13.1. The fourth-order valence-electron chi connectivity index (χ4n) is 0.990. The Balaban J connectivity index is 0. The largest absolute Gasteiger partial charge is 1.00 e. The number of carboxylic acids is 1. The number of rotatable bonds is 3. The number of nitrogens with zero attached hydrogens (tertiary/aromatic N) is 1. The Morgan fingerprint density at radius 3 is 2.29 bits per heavy atom. The molecule has 1 aromatic carbocycles. The van der Waals surface area contributed by atoms with E-state index in [-0.39, 0.29) is 36.5 Å². The van der Waals surface area contributed by atoms with Crippen molar-refractivity contribution in [2.24, 2.45) is 0 Å². The minimum Gasteiger partial charge on any atom is -1.00 e. The molecule has 0 radical (unpaired) electrons. The molecule has 0 aliphatic carbocycles. The van der Waals surface area contributed by atoms with Gasteiger partial charge in [-0.15, -0.1) is 0 Å². The normalized spacial score (nSPS) is 11.1. The van der Waals surface area contributed by atoms with Gasteiger partial charge in [0.1, 0.15) is 0 Å². The van der Waals surface area contributed by atoms with Crippen LogP contribution in [-0.4, -0.2) is 16.0 Å². The third-order valence-electron chi connectivity index (χ3n) is 1.56. The number of hydrogen-bond donors (Lipinski definition) is 1. The molecule has 0 amide bonds.